The minimum absolute atomic E-state index is 0.0447. The Bertz CT molecular complexity index is 883. The fraction of sp³-hybridized carbons (Fsp3) is 0.900. The van der Waals surface area contributed by atoms with Gasteiger partial charge in [0, 0.05) is 10.8 Å². The van der Waals surface area contributed by atoms with Crippen molar-refractivity contribution in [3.8, 4) is 0 Å². The quantitative estimate of drug-likeness (QED) is 0.384. The number of carbonyl (C=O) groups is 1. The van der Waals surface area contributed by atoms with E-state index in [1.807, 2.05) is 6.92 Å². The first-order valence-electron chi connectivity index (χ1n) is 14.0. The highest BCUT2D eigenvalue weighted by Gasteiger charge is 2.70. The maximum atomic E-state index is 12.6. The Morgan fingerprint density at radius 1 is 1.00 bits per heavy atom. The van der Waals surface area contributed by atoms with Crippen molar-refractivity contribution in [1.82, 2.24) is 0 Å². The fourth-order valence-corrected chi connectivity index (χ4v) is 10.9. The van der Waals surface area contributed by atoms with Crippen LogP contribution in [0.25, 0.3) is 0 Å². The predicted octanol–water partition coefficient (Wildman–Crippen LogP) is 5.15. The Labute approximate surface area is 206 Å². The molecule has 4 saturated carbocycles. The molecule has 192 valence electrons. The third-order valence-electron chi connectivity index (χ3n) is 13.4. The molecule has 0 aliphatic heterocycles. The average Bonchev–Trinajstić information content (AvgIpc) is 2.80. The lowest BCUT2D eigenvalue weighted by molar-refractivity contribution is -0.243. The van der Waals surface area contributed by atoms with Crippen LogP contribution in [0.1, 0.15) is 92.9 Å². The van der Waals surface area contributed by atoms with Crippen molar-refractivity contribution in [3.05, 3.63) is 11.6 Å². The van der Waals surface area contributed by atoms with Crippen molar-refractivity contribution in [2.75, 3.05) is 6.61 Å². The zero-order valence-electron chi connectivity index (χ0n) is 22.3. The second kappa shape index (κ2) is 7.65. The van der Waals surface area contributed by atoms with E-state index in [-0.39, 0.29) is 34.2 Å². The van der Waals surface area contributed by atoms with Crippen molar-refractivity contribution >= 4 is 6.29 Å². The van der Waals surface area contributed by atoms with Gasteiger partial charge in [-0.25, -0.2) is 0 Å². The standard InChI is InChI=1S/C30H48O4/c1-18-9-12-30(17-32)14-13-28(5)20(24(30)19(18)2)7-8-23-26(3)15-21(33)25(34)27(4,16-31)22(26)10-11-29(23,28)6/h7,17-19,21-25,31,33-34H,8-16H2,1-6H3/t18-,19+,21-,22-,23-,24+,25+,26+,27+,28-,29-,30-/m1/s1. The summed E-state index contributed by atoms with van der Waals surface area (Å²) >= 11 is 0. The number of aliphatic hydroxyl groups is 3. The lowest BCUT2D eigenvalue weighted by Gasteiger charge is -2.71. The van der Waals surface area contributed by atoms with Crippen LogP contribution in [0.15, 0.2) is 11.6 Å². The van der Waals surface area contributed by atoms with Crippen molar-refractivity contribution in [1.29, 1.82) is 0 Å². The van der Waals surface area contributed by atoms with Gasteiger partial charge in [0.1, 0.15) is 6.29 Å². The van der Waals surface area contributed by atoms with E-state index in [0.29, 0.717) is 30.1 Å². The van der Waals surface area contributed by atoms with Crippen molar-refractivity contribution in [3.63, 3.8) is 0 Å². The molecule has 5 aliphatic rings. The minimum atomic E-state index is -0.877. The number of hydrogen-bond donors (Lipinski definition) is 3. The summed E-state index contributed by atoms with van der Waals surface area (Å²) < 4.78 is 0. The van der Waals surface area contributed by atoms with Gasteiger partial charge in [-0.15, -0.1) is 0 Å². The van der Waals surface area contributed by atoms with Gasteiger partial charge in [-0.1, -0.05) is 53.2 Å². The zero-order chi connectivity index (χ0) is 24.9. The van der Waals surface area contributed by atoms with Crippen LogP contribution in [0.5, 0.6) is 0 Å². The molecule has 3 N–H and O–H groups in total. The van der Waals surface area contributed by atoms with E-state index in [1.165, 1.54) is 6.29 Å². The first-order valence-corrected chi connectivity index (χ1v) is 14.0. The molecule has 5 rings (SSSR count). The molecule has 0 radical (unpaired) electrons. The monoisotopic (exact) mass is 472 g/mol. The average molecular weight is 473 g/mol. The SMILES string of the molecule is C[C@H]1[C@H](C)CC[C@]2(C=O)CC[C@]3(C)C(=CC[C@@H]4[C@@]5(C)C[C@@H](O)[C@H](O)[C@@](C)(CO)[C@@H]5CC[C@]43C)[C@H]12. The lowest BCUT2D eigenvalue weighted by atomic mass is 9.33. The topological polar surface area (TPSA) is 77.8 Å². The maximum absolute atomic E-state index is 12.6. The fourth-order valence-electron chi connectivity index (χ4n) is 10.9. The molecule has 0 bridgehead atoms. The van der Waals surface area contributed by atoms with Crippen LogP contribution < -0.4 is 0 Å². The van der Waals surface area contributed by atoms with Crippen LogP contribution in [0.4, 0.5) is 0 Å². The molecule has 0 amide bonds. The molecule has 34 heavy (non-hydrogen) atoms. The number of carbonyl (C=O) groups excluding carboxylic acids is 1. The molecule has 4 nitrogen and oxygen atoms in total. The molecular formula is C30H48O4. The van der Waals surface area contributed by atoms with Gasteiger partial charge in [-0.05, 0) is 97.2 Å². The van der Waals surface area contributed by atoms with Crippen LogP contribution in [0, 0.1) is 56.7 Å². The van der Waals surface area contributed by atoms with Gasteiger partial charge < -0.3 is 20.1 Å². The Hall–Kier alpha value is -0.710. The summed E-state index contributed by atoms with van der Waals surface area (Å²) in [4.78, 5) is 12.6. The summed E-state index contributed by atoms with van der Waals surface area (Å²) in [5, 5.41) is 32.3. The number of aliphatic hydroxyl groups excluding tert-OH is 3. The molecule has 0 aromatic carbocycles. The molecule has 0 heterocycles. The smallest absolute Gasteiger partial charge is 0.126 e. The van der Waals surface area contributed by atoms with Crippen LogP contribution in [0.3, 0.4) is 0 Å². The van der Waals surface area contributed by atoms with E-state index in [4.69, 9.17) is 0 Å². The van der Waals surface area contributed by atoms with Gasteiger partial charge in [0.15, 0.2) is 0 Å². The lowest BCUT2D eigenvalue weighted by Crippen LogP contribution is -2.68. The molecule has 0 unspecified atom stereocenters. The highest BCUT2D eigenvalue weighted by molar-refractivity contribution is 5.63. The third-order valence-corrected chi connectivity index (χ3v) is 13.4. The molecule has 0 spiro atoms. The van der Waals surface area contributed by atoms with E-state index in [1.54, 1.807) is 5.57 Å². The maximum Gasteiger partial charge on any atom is 0.126 e. The summed E-state index contributed by atoms with van der Waals surface area (Å²) in [6.07, 6.45) is 10.0. The van der Waals surface area contributed by atoms with Gasteiger partial charge in [0.2, 0.25) is 0 Å². The van der Waals surface area contributed by atoms with E-state index in [0.717, 1.165) is 44.9 Å². The molecule has 0 aromatic heterocycles. The summed E-state index contributed by atoms with van der Waals surface area (Å²) in [7, 11) is 0. The zero-order valence-corrected chi connectivity index (χ0v) is 22.3. The van der Waals surface area contributed by atoms with E-state index < -0.39 is 17.6 Å². The number of allylic oxidation sites excluding steroid dienone is 2. The number of aldehydes is 1. The molecule has 4 heteroatoms. The Morgan fingerprint density at radius 3 is 2.35 bits per heavy atom. The summed E-state index contributed by atoms with van der Waals surface area (Å²) in [5.74, 6) is 2.07. The van der Waals surface area contributed by atoms with Gasteiger partial charge in [0.05, 0.1) is 18.8 Å². The van der Waals surface area contributed by atoms with E-state index in [9.17, 15) is 20.1 Å². The number of fused-ring (bicyclic) bond motifs is 7. The minimum Gasteiger partial charge on any atom is -0.396 e. The molecular weight excluding hydrogens is 424 g/mol. The second-order valence-corrected chi connectivity index (χ2v) is 14.4. The summed E-state index contributed by atoms with van der Waals surface area (Å²) in [6, 6.07) is 0. The van der Waals surface area contributed by atoms with Crippen LogP contribution >= 0.6 is 0 Å². The summed E-state index contributed by atoms with van der Waals surface area (Å²) in [6.45, 7) is 14.0. The number of hydrogen-bond acceptors (Lipinski definition) is 4. The van der Waals surface area contributed by atoms with E-state index in [2.05, 4.69) is 40.7 Å². The normalized spacial score (nSPS) is 59.1. The Morgan fingerprint density at radius 2 is 1.71 bits per heavy atom. The second-order valence-electron chi connectivity index (χ2n) is 14.4. The predicted molar refractivity (Wildman–Crippen MR) is 134 cm³/mol. The first kappa shape index (κ1) is 25.0. The highest BCUT2D eigenvalue weighted by atomic mass is 16.3. The van der Waals surface area contributed by atoms with Crippen molar-refractivity contribution in [2.24, 2.45) is 56.7 Å². The van der Waals surface area contributed by atoms with Gasteiger partial charge in [0.25, 0.3) is 0 Å². The van der Waals surface area contributed by atoms with Gasteiger partial charge in [-0.2, -0.15) is 0 Å². The third kappa shape index (κ3) is 2.80. The highest BCUT2D eigenvalue weighted by Crippen LogP contribution is 2.75. The van der Waals surface area contributed by atoms with Crippen LogP contribution in [0.2, 0.25) is 0 Å². The van der Waals surface area contributed by atoms with Crippen molar-refractivity contribution < 1.29 is 20.1 Å². The Balaban J connectivity index is 1.61. The van der Waals surface area contributed by atoms with Gasteiger partial charge in [-0.3, -0.25) is 0 Å². The summed E-state index contributed by atoms with van der Waals surface area (Å²) in [5.41, 5.74) is 0.679. The number of rotatable bonds is 2. The van der Waals surface area contributed by atoms with Gasteiger partial charge >= 0.3 is 0 Å². The van der Waals surface area contributed by atoms with Crippen molar-refractivity contribution in [2.45, 2.75) is 105 Å². The first-order chi connectivity index (χ1) is 15.8. The molecule has 0 saturated heterocycles. The molecule has 12 atom stereocenters. The molecule has 5 aliphatic carbocycles. The van der Waals surface area contributed by atoms with Crippen LogP contribution in [-0.4, -0.2) is 40.4 Å². The largest absolute Gasteiger partial charge is 0.396 e. The molecule has 0 aromatic rings. The van der Waals surface area contributed by atoms with E-state index >= 15 is 0 Å². The Kier molecular flexibility index (Phi) is 5.62. The molecule has 4 fully saturated rings. The van der Waals surface area contributed by atoms with Crippen LogP contribution in [-0.2, 0) is 4.79 Å².